The van der Waals surface area contributed by atoms with E-state index in [1.807, 2.05) is 43.3 Å². The Morgan fingerprint density at radius 3 is 2.28 bits per heavy atom. The Bertz CT molecular complexity index is 816. The van der Waals surface area contributed by atoms with Crippen molar-refractivity contribution in [2.75, 3.05) is 32.0 Å². The van der Waals surface area contributed by atoms with Gasteiger partial charge in [0.25, 0.3) is 0 Å². The number of sulfone groups is 1. The summed E-state index contributed by atoms with van der Waals surface area (Å²) in [5.41, 5.74) is 0. The second kappa shape index (κ2) is 14.2. The minimum Gasteiger partial charge on any atom is -0.494 e. The third-order valence-corrected chi connectivity index (χ3v) is 5.73. The molecule has 0 fully saturated rings. The van der Waals surface area contributed by atoms with Crippen molar-refractivity contribution < 1.29 is 13.2 Å². The van der Waals surface area contributed by atoms with E-state index in [0.717, 1.165) is 18.7 Å². The fourth-order valence-electron chi connectivity index (χ4n) is 2.52. The number of ether oxygens (including phenoxy) is 1. The standard InChI is InChI=1S/C21H29N3O3S.HI/c1-2-22-21(23-15-9-17-27-19-11-5-3-6-12-19)24-16-10-18-28(25,26)20-13-7-4-8-14-20;/h3-8,11-14H,2,9-10,15-18H2,1H3,(H2,22,23,24);1H. The molecule has 160 valence electrons. The van der Waals surface area contributed by atoms with E-state index in [9.17, 15) is 8.42 Å². The van der Waals surface area contributed by atoms with Gasteiger partial charge in [-0.05, 0) is 37.6 Å². The van der Waals surface area contributed by atoms with Crippen LogP contribution in [0.25, 0.3) is 0 Å². The van der Waals surface area contributed by atoms with Crippen LogP contribution in [-0.2, 0) is 9.84 Å². The molecule has 0 saturated heterocycles. The summed E-state index contributed by atoms with van der Waals surface area (Å²) in [5.74, 6) is 1.66. The number of para-hydroxylation sites is 1. The van der Waals surface area contributed by atoms with Gasteiger partial charge in [-0.3, -0.25) is 4.99 Å². The molecule has 0 atom stereocenters. The van der Waals surface area contributed by atoms with Gasteiger partial charge in [-0.1, -0.05) is 36.4 Å². The number of hydrogen-bond donors (Lipinski definition) is 2. The lowest BCUT2D eigenvalue weighted by atomic mass is 10.3. The first-order chi connectivity index (χ1) is 13.6. The third-order valence-electron chi connectivity index (χ3n) is 3.91. The number of hydrogen-bond acceptors (Lipinski definition) is 4. The van der Waals surface area contributed by atoms with Crippen molar-refractivity contribution in [2.24, 2.45) is 4.99 Å². The van der Waals surface area contributed by atoms with Gasteiger partial charge in [0.1, 0.15) is 5.75 Å². The number of benzene rings is 2. The van der Waals surface area contributed by atoms with Crippen molar-refractivity contribution in [2.45, 2.75) is 24.7 Å². The minimum atomic E-state index is -3.24. The summed E-state index contributed by atoms with van der Waals surface area (Å²) in [6.45, 7) is 4.51. The molecule has 0 bridgehead atoms. The molecule has 8 heteroatoms. The van der Waals surface area contributed by atoms with Crippen molar-refractivity contribution in [3.8, 4) is 5.75 Å². The molecule has 2 aromatic carbocycles. The molecule has 29 heavy (non-hydrogen) atoms. The minimum absolute atomic E-state index is 0. The molecular formula is C21H30IN3O3S. The zero-order chi connectivity index (χ0) is 20.1. The van der Waals surface area contributed by atoms with Gasteiger partial charge in [0.05, 0.1) is 17.3 Å². The summed E-state index contributed by atoms with van der Waals surface area (Å²) >= 11 is 0. The lowest BCUT2D eigenvalue weighted by Crippen LogP contribution is -2.38. The summed E-state index contributed by atoms with van der Waals surface area (Å²) in [7, 11) is -3.24. The maximum Gasteiger partial charge on any atom is 0.191 e. The van der Waals surface area contributed by atoms with Crippen molar-refractivity contribution in [3.05, 3.63) is 60.7 Å². The number of nitrogens with one attached hydrogen (secondary N) is 2. The van der Waals surface area contributed by atoms with Crippen LogP contribution >= 0.6 is 24.0 Å². The van der Waals surface area contributed by atoms with Crippen molar-refractivity contribution in [1.82, 2.24) is 10.6 Å². The first-order valence-corrected chi connectivity index (χ1v) is 11.2. The monoisotopic (exact) mass is 531 g/mol. The van der Waals surface area contributed by atoms with E-state index >= 15 is 0 Å². The molecule has 0 heterocycles. The average molecular weight is 531 g/mol. The number of aliphatic imine (C=N–C) groups is 1. The summed E-state index contributed by atoms with van der Waals surface area (Å²) in [6, 6.07) is 18.2. The van der Waals surface area contributed by atoms with Gasteiger partial charge >= 0.3 is 0 Å². The highest BCUT2D eigenvalue weighted by atomic mass is 127. The second-order valence-corrected chi connectivity index (χ2v) is 8.30. The molecule has 0 aliphatic rings. The number of guanidine groups is 1. The van der Waals surface area contributed by atoms with E-state index in [-0.39, 0.29) is 29.7 Å². The predicted molar refractivity (Wildman–Crippen MR) is 129 cm³/mol. The molecule has 0 radical (unpaired) electrons. The summed E-state index contributed by atoms with van der Waals surface area (Å²) in [5, 5.41) is 6.36. The van der Waals surface area contributed by atoms with Crippen LogP contribution in [0, 0.1) is 0 Å². The fourth-order valence-corrected chi connectivity index (χ4v) is 3.85. The Balaban J connectivity index is 0.00000420. The van der Waals surface area contributed by atoms with Crippen LogP contribution in [0.4, 0.5) is 0 Å². The van der Waals surface area contributed by atoms with E-state index in [2.05, 4.69) is 15.6 Å². The van der Waals surface area contributed by atoms with Crippen LogP contribution in [0.1, 0.15) is 19.8 Å². The highest BCUT2D eigenvalue weighted by Crippen LogP contribution is 2.10. The molecule has 0 aliphatic heterocycles. The Labute approximate surface area is 191 Å². The Morgan fingerprint density at radius 1 is 0.966 bits per heavy atom. The van der Waals surface area contributed by atoms with E-state index < -0.39 is 9.84 Å². The van der Waals surface area contributed by atoms with Crippen LogP contribution < -0.4 is 15.4 Å². The maximum atomic E-state index is 12.3. The first kappa shape index (κ1) is 25.2. The zero-order valence-electron chi connectivity index (χ0n) is 16.7. The summed E-state index contributed by atoms with van der Waals surface area (Å²) in [6.07, 6.45) is 1.31. The molecular weight excluding hydrogens is 501 g/mol. The van der Waals surface area contributed by atoms with Crippen molar-refractivity contribution >= 4 is 39.8 Å². The van der Waals surface area contributed by atoms with Gasteiger partial charge in [-0.15, -0.1) is 24.0 Å². The largest absolute Gasteiger partial charge is 0.494 e. The molecule has 0 unspecified atom stereocenters. The van der Waals surface area contributed by atoms with E-state index in [1.54, 1.807) is 24.3 Å². The van der Waals surface area contributed by atoms with Gasteiger partial charge in [0.15, 0.2) is 15.8 Å². The van der Waals surface area contributed by atoms with Crippen LogP contribution in [0.3, 0.4) is 0 Å². The number of rotatable bonds is 11. The average Bonchev–Trinajstić information content (AvgIpc) is 2.72. The fraction of sp³-hybridized carbons (Fsp3) is 0.381. The molecule has 0 amide bonds. The van der Waals surface area contributed by atoms with Gasteiger partial charge in [0, 0.05) is 26.1 Å². The molecule has 2 aromatic rings. The molecule has 0 aliphatic carbocycles. The van der Waals surface area contributed by atoms with Crippen molar-refractivity contribution in [3.63, 3.8) is 0 Å². The smallest absolute Gasteiger partial charge is 0.191 e. The molecule has 0 aromatic heterocycles. The molecule has 2 rings (SSSR count). The topological polar surface area (TPSA) is 79.8 Å². The van der Waals surface area contributed by atoms with Gasteiger partial charge in [-0.25, -0.2) is 8.42 Å². The Morgan fingerprint density at radius 2 is 1.62 bits per heavy atom. The molecule has 6 nitrogen and oxygen atoms in total. The van der Waals surface area contributed by atoms with Crippen LogP contribution in [-0.4, -0.2) is 46.4 Å². The number of nitrogens with zero attached hydrogens (tertiary/aromatic N) is 1. The highest BCUT2D eigenvalue weighted by molar-refractivity contribution is 14.0. The summed E-state index contributed by atoms with van der Waals surface area (Å²) in [4.78, 5) is 4.87. The van der Waals surface area contributed by atoms with Gasteiger partial charge in [-0.2, -0.15) is 0 Å². The van der Waals surface area contributed by atoms with Gasteiger partial charge in [0.2, 0.25) is 0 Å². The lowest BCUT2D eigenvalue weighted by molar-refractivity contribution is 0.313. The summed E-state index contributed by atoms with van der Waals surface area (Å²) < 4.78 is 30.2. The molecule has 2 N–H and O–H groups in total. The second-order valence-electron chi connectivity index (χ2n) is 6.19. The first-order valence-electron chi connectivity index (χ1n) is 9.59. The zero-order valence-corrected chi connectivity index (χ0v) is 19.9. The maximum absolute atomic E-state index is 12.3. The third kappa shape index (κ3) is 9.98. The van der Waals surface area contributed by atoms with E-state index in [0.29, 0.717) is 37.0 Å². The normalized spacial score (nSPS) is 11.4. The Hall–Kier alpha value is -1.81. The van der Waals surface area contributed by atoms with E-state index in [1.165, 1.54) is 0 Å². The van der Waals surface area contributed by atoms with E-state index in [4.69, 9.17) is 4.74 Å². The van der Waals surface area contributed by atoms with Gasteiger partial charge < -0.3 is 15.4 Å². The lowest BCUT2D eigenvalue weighted by Gasteiger charge is -2.11. The quantitative estimate of drug-likeness (QED) is 0.201. The number of halogens is 1. The van der Waals surface area contributed by atoms with Crippen molar-refractivity contribution in [1.29, 1.82) is 0 Å². The highest BCUT2D eigenvalue weighted by Gasteiger charge is 2.13. The predicted octanol–water partition coefficient (Wildman–Crippen LogP) is 3.49. The molecule has 0 spiro atoms. The van der Waals surface area contributed by atoms with Crippen LogP contribution in [0.5, 0.6) is 5.75 Å². The Kier molecular flexibility index (Phi) is 12.4. The SMILES string of the molecule is CCNC(=NCCCOc1ccccc1)NCCCS(=O)(=O)c1ccccc1.I. The van der Waals surface area contributed by atoms with Crippen LogP contribution in [0.15, 0.2) is 70.6 Å². The molecule has 0 saturated carbocycles. The van der Waals surface area contributed by atoms with Crippen LogP contribution in [0.2, 0.25) is 0 Å².